The van der Waals surface area contributed by atoms with Crippen molar-refractivity contribution < 1.29 is 13.9 Å². The Kier molecular flexibility index (Phi) is 2.46. The summed E-state index contributed by atoms with van der Waals surface area (Å²) in [6.45, 7) is 5.14. The summed E-state index contributed by atoms with van der Waals surface area (Å²) in [5, 5.41) is 9.58. The summed E-state index contributed by atoms with van der Waals surface area (Å²) in [6.07, 6.45) is 0. The molecule has 0 aliphatic heterocycles. The molecule has 1 aliphatic rings. The lowest BCUT2D eigenvalue weighted by molar-refractivity contribution is 0.0991. The first-order chi connectivity index (χ1) is 7.34. The highest BCUT2D eigenvalue weighted by Gasteiger charge is 2.68. The molecule has 2 unspecified atom stereocenters. The average molecular weight is 245 g/mol. The van der Waals surface area contributed by atoms with Crippen molar-refractivity contribution in [1.29, 1.82) is 0 Å². The molecule has 0 bridgehead atoms. The van der Waals surface area contributed by atoms with Crippen molar-refractivity contribution in [3.63, 3.8) is 0 Å². The summed E-state index contributed by atoms with van der Waals surface area (Å²) in [5.74, 6) is -4.62. The Balaban J connectivity index is 2.37. The van der Waals surface area contributed by atoms with E-state index < -0.39 is 17.8 Å². The molecule has 16 heavy (non-hydrogen) atoms. The number of aromatic hydroxyl groups is 1. The van der Waals surface area contributed by atoms with E-state index in [0.717, 1.165) is 0 Å². The molecular formula is C12H11ClF2O. The second kappa shape index (κ2) is 3.45. The van der Waals surface area contributed by atoms with E-state index in [2.05, 4.69) is 6.58 Å². The van der Waals surface area contributed by atoms with Crippen molar-refractivity contribution in [1.82, 2.24) is 0 Å². The number of hydrogen-bond acceptors (Lipinski definition) is 1. The zero-order valence-corrected chi connectivity index (χ0v) is 9.43. The van der Waals surface area contributed by atoms with Crippen molar-refractivity contribution in [2.45, 2.75) is 18.8 Å². The Hall–Kier alpha value is -1.09. The molecule has 0 amide bonds. The van der Waals surface area contributed by atoms with Crippen LogP contribution in [0.1, 0.15) is 18.4 Å². The molecule has 0 saturated heterocycles. The van der Waals surface area contributed by atoms with Crippen molar-refractivity contribution in [3.8, 4) is 5.75 Å². The molecular weight excluding hydrogens is 234 g/mol. The molecule has 0 spiro atoms. The summed E-state index contributed by atoms with van der Waals surface area (Å²) >= 11 is 5.72. The predicted molar refractivity (Wildman–Crippen MR) is 59.1 cm³/mol. The number of benzene rings is 1. The first-order valence-corrected chi connectivity index (χ1v) is 5.24. The molecule has 0 radical (unpaired) electrons. The normalized spacial score (nSPS) is 26.5. The topological polar surface area (TPSA) is 20.2 Å². The van der Waals surface area contributed by atoms with Crippen LogP contribution in [0.5, 0.6) is 5.75 Å². The molecule has 1 aliphatic carbocycles. The summed E-state index contributed by atoms with van der Waals surface area (Å²) < 4.78 is 27.0. The van der Waals surface area contributed by atoms with Gasteiger partial charge in [0.15, 0.2) is 0 Å². The Morgan fingerprint density at radius 1 is 1.44 bits per heavy atom. The smallest absolute Gasteiger partial charge is 0.262 e. The zero-order chi connectivity index (χ0) is 12.1. The van der Waals surface area contributed by atoms with Gasteiger partial charge in [-0.2, -0.15) is 0 Å². The molecule has 1 aromatic rings. The third kappa shape index (κ3) is 1.69. The molecule has 0 heterocycles. The number of alkyl halides is 2. The Morgan fingerprint density at radius 2 is 2.06 bits per heavy atom. The van der Waals surface area contributed by atoms with Crippen molar-refractivity contribution in [2.75, 3.05) is 0 Å². The van der Waals surface area contributed by atoms with Gasteiger partial charge in [-0.05, 0) is 30.7 Å². The van der Waals surface area contributed by atoms with Crippen molar-refractivity contribution in [3.05, 3.63) is 40.9 Å². The SMILES string of the molecule is C=C(C)C1C(c2cc(O)cc(Cl)c2)C1(F)F. The highest BCUT2D eigenvalue weighted by molar-refractivity contribution is 6.30. The van der Waals surface area contributed by atoms with Crippen LogP contribution in [0.2, 0.25) is 5.02 Å². The van der Waals surface area contributed by atoms with Gasteiger partial charge in [0.1, 0.15) is 5.75 Å². The van der Waals surface area contributed by atoms with Gasteiger partial charge in [-0.15, -0.1) is 0 Å². The highest BCUT2D eigenvalue weighted by atomic mass is 35.5. The lowest BCUT2D eigenvalue weighted by Crippen LogP contribution is -1.94. The lowest BCUT2D eigenvalue weighted by Gasteiger charge is -2.01. The van der Waals surface area contributed by atoms with Gasteiger partial charge in [0.25, 0.3) is 5.92 Å². The van der Waals surface area contributed by atoms with Crippen LogP contribution in [0.4, 0.5) is 8.78 Å². The first-order valence-electron chi connectivity index (χ1n) is 4.86. The van der Waals surface area contributed by atoms with Gasteiger partial charge in [-0.3, -0.25) is 0 Å². The fourth-order valence-electron chi connectivity index (χ4n) is 2.13. The largest absolute Gasteiger partial charge is 0.508 e. The van der Waals surface area contributed by atoms with Crippen LogP contribution in [0.3, 0.4) is 0 Å². The Labute approximate surface area is 97.4 Å². The zero-order valence-electron chi connectivity index (χ0n) is 8.67. The van der Waals surface area contributed by atoms with Crippen LogP contribution >= 0.6 is 11.6 Å². The van der Waals surface area contributed by atoms with E-state index in [1.165, 1.54) is 18.2 Å². The average Bonchev–Trinajstić information content (AvgIpc) is 2.67. The number of rotatable bonds is 2. The number of phenols is 1. The Bertz CT molecular complexity index is 436. The molecule has 2 rings (SSSR count). The number of phenolic OH excluding ortho intramolecular Hbond substituents is 1. The fraction of sp³-hybridized carbons (Fsp3) is 0.333. The molecule has 0 aromatic heterocycles. The number of hydrogen-bond donors (Lipinski definition) is 1. The monoisotopic (exact) mass is 244 g/mol. The van der Waals surface area contributed by atoms with E-state index in [-0.39, 0.29) is 10.8 Å². The van der Waals surface area contributed by atoms with Gasteiger partial charge in [-0.1, -0.05) is 23.8 Å². The van der Waals surface area contributed by atoms with Gasteiger partial charge < -0.3 is 5.11 Å². The van der Waals surface area contributed by atoms with Crippen LogP contribution in [0, 0.1) is 5.92 Å². The highest BCUT2D eigenvalue weighted by Crippen LogP contribution is 2.64. The second-order valence-electron chi connectivity index (χ2n) is 4.22. The minimum Gasteiger partial charge on any atom is -0.508 e. The molecule has 1 N–H and O–H groups in total. The maximum absolute atomic E-state index is 13.5. The molecule has 1 saturated carbocycles. The quantitative estimate of drug-likeness (QED) is 0.781. The molecule has 2 atom stereocenters. The molecule has 1 nitrogen and oxygen atoms in total. The van der Waals surface area contributed by atoms with Crippen molar-refractivity contribution in [2.24, 2.45) is 5.92 Å². The third-order valence-corrected chi connectivity index (χ3v) is 3.07. The maximum atomic E-state index is 13.5. The van der Waals surface area contributed by atoms with E-state index >= 15 is 0 Å². The minimum absolute atomic E-state index is 0.0920. The van der Waals surface area contributed by atoms with E-state index in [4.69, 9.17) is 11.6 Å². The van der Waals surface area contributed by atoms with Crippen LogP contribution in [-0.2, 0) is 0 Å². The standard InChI is InChI=1S/C12H11ClF2O/c1-6(2)10-11(12(10,14)15)7-3-8(13)5-9(16)4-7/h3-5,10-11,16H,1H2,2H3. The second-order valence-corrected chi connectivity index (χ2v) is 4.66. The summed E-state index contributed by atoms with van der Waals surface area (Å²) in [7, 11) is 0. The molecule has 1 aromatic carbocycles. The van der Waals surface area contributed by atoms with E-state index in [9.17, 15) is 13.9 Å². The molecule has 1 fully saturated rings. The Morgan fingerprint density at radius 3 is 2.50 bits per heavy atom. The summed E-state index contributed by atoms with van der Waals surface area (Å²) in [5.41, 5.74) is 0.817. The maximum Gasteiger partial charge on any atom is 0.262 e. The van der Waals surface area contributed by atoms with E-state index in [1.807, 2.05) is 0 Å². The number of allylic oxidation sites excluding steroid dienone is 1. The lowest BCUT2D eigenvalue weighted by atomic mass is 10.1. The van der Waals surface area contributed by atoms with E-state index in [0.29, 0.717) is 11.1 Å². The van der Waals surface area contributed by atoms with Gasteiger partial charge in [-0.25, -0.2) is 8.78 Å². The van der Waals surface area contributed by atoms with Gasteiger partial charge in [0.2, 0.25) is 0 Å². The number of halogens is 3. The van der Waals surface area contributed by atoms with Crippen LogP contribution in [0.25, 0.3) is 0 Å². The van der Waals surface area contributed by atoms with Gasteiger partial charge in [0, 0.05) is 5.02 Å². The summed E-state index contributed by atoms with van der Waals surface area (Å²) in [6, 6.07) is 4.11. The van der Waals surface area contributed by atoms with Crippen molar-refractivity contribution >= 4 is 11.6 Å². The summed E-state index contributed by atoms with van der Waals surface area (Å²) in [4.78, 5) is 0. The van der Waals surface area contributed by atoms with Crippen LogP contribution in [0.15, 0.2) is 30.4 Å². The van der Waals surface area contributed by atoms with Crippen LogP contribution < -0.4 is 0 Å². The fourth-order valence-corrected chi connectivity index (χ4v) is 2.37. The molecule has 4 heteroatoms. The van der Waals surface area contributed by atoms with E-state index in [1.54, 1.807) is 6.92 Å². The minimum atomic E-state index is -2.77. The van der Waals surface area contributed by atoms with Gasteiger partial charge >= 0.3 is 0 Å². The van der Waals surface area contributed by atoms with Gasteiger partial charge in [0.05, 0.1) is 11.8 Å². The third-order valence-electron chi connectivity index (χ3n) is 2.85. The van der Waals surface area contributed by atoms with Crippen LogP contribution in [-0.4, -0.2) is 11.0 Å². The molecule has 86 valence electrons. The first kappa shape index (κ1) is 11.4. The predicted octanol–water partition coefficient (Wildman–Crippen LogP) is 3.97.